The fourth-order valence-corrected chi connectivity index (χ4v) is 3.40. The van der Waals surface area contributed by atoms with Crippen LogP contribution in [0.2, 0.25) is 0 Å². The molecule has 1 N–H and O–H groups in total. The number of fused-ring (bicyclic) bond motifs is 2. The predicted molar refractivity (Wildman–Crippen MR) is 99.4 cm³/mol. The van der Waals surface area contributed by atoms with E-state index in [-0.39, 0.29) is 6.79 Å². The van der Waals surface area contributed by atoms with Gasteiger partial charge in [0.1, 0.15) is 12.4 Å². The third kappa shape index (κ3) is 3.84. The first kappa shape index (κ1) is 16.9. The molecule has 0 aromatic heterocycles. The van der Waals surface area contributed by atoms with Gasteiger partial charge in [0, 0.05) is 25.2 Å². The topological polar surface area (TPSA) is 51.2 Å². The molecule has 0 bridgehead atoms. The number of para-hydroxylation sites is 1. The van der Waals surface area contributed by atoms with Gasteiger partial charge in [-0.1, -0.05) is 24.3 Å². The van der Waals surface area contributed by atoms with Crippen LogP contribution in [0.4, 0.5) is 0 Å². The van der Waals surface area contributed by atoms with E-state index in [1.807, 2.05) is 43.3 Å². The van der Waals surface area contributed by atoms with Crippen LogP contribution in [0.5, 0.6) is 17.2 Å². The van der Waals surface area contributed by atoms with Crippen LogP contribution in [0.3, 0.4) is 0 Å². The average Bonchev–Trinajstić information content (AvgIpc) is 3.09. The maximum atomic E-state index is 9.91. The summed E-state index contributed by atoms with van der Waals surface area (Å²) in [4.78, 5) is 2.23. The lowest BCUT2D eigenvalue weighted by Gasteiger charge is -2.27. The Labute approximate surface area is 153 Å². The Morgan fingerprint density at radius 3 is 2.73 bits per heavy atom. The zero-order valence-corrected chi connectivity index (χ0v) is 14.9. The van der Waals surface area contributed by atoms with Gasteiger partial charge in [-0.15, -0.1) is 0 Å². The van der Waals surface area contributed by atoms with Crippen LogP contribution in [0, 0.1) is 0 Å². The van der Waals surface area contributed by atoms with E-state index in [1.165, 1.54) is 5.57 Å². The van der Waals surface area contributed by atoms with E-state index < -0.39 is 6.10 Å². The number of ether oxygens (including phenoxy) is 3. The van der Waals surface area contributed by atoms with Crippen molar-refractivity contribution in [1.82, 2.24) is 4.90 Å². The molecule has 0 radical (unpaired) electrons. The molecule has 26 heavy (non-hydrogen) atoms. The molecule has 2 aliphatic rings. The first-order chi connectivity index (χ1) is 12.7. The average molecular weight is 353 g/mol. The normalized spacial score (nSPS) is 16.0. The summed E-state index contributed by atoms with van der Waals surface area (Å²) < 4.78 is 16.7. The number of rotatable bonds is 6. The fourth-order valence-electron chi connectivity index (χ4n) is 3.40. The van der Waals surface area contributed by atoms with Gasteiger partial charge < -0.3 is 19.3 Å². The van der Waals surface area contributed by atoms with Crippen LogP contribution >= 0.6 is 0 Å². The molecule has 2 heterocycles. The first-order valence-electron chi connectivity index (χ1n) is 8.87. The molecule has 1 atom stereocenters. The third-order valence-corrected chi connectivity index (χ3v) is 4.48. The summed E-state index contributed by atoms with van der Waals surface area (Å²) in [6.45, 7) is 4.73. The molecule has 0 spiro atoms. The van der Waals surface area contributed by atoms with Crippen molar-refractivity contribution in [1.29, 1.82) is 0 Å². The summed E-state index contributed by atoms with van der Waals surface area (Å²) >= 11 is 0. The summed E-state index contributed by atoms with van der Waals surface area (Å²) in [5.74, 6) is 2.50. The highest BCUT2D eigenvalue weighted by Gasteiger charge is 2.18. The standard InChI is InChI=1S/C21H23NO4/c1-15(23)10-22(11-16-6-7-20-21(9-16)26-14-25-20)12-17-8-18-4-2-3-5-19(18)24-13-17/h2-9,15,23H,10-14H2,1H3. The minimum atomic E-state index is -0.401. The van der Waals surface area contributed by atoms with Crippen molar-refractivity contribution in [2.75, 3.05) is 26.5 Å². The molecule has 5 heteroatoms. The van der Waals surface area contributed by atoms with E-state index in [0.717, 1.165) is 41.5 Å². The zero-order valence-electron chi connectivity index (χ0n) is 14.9. The third-order valence-electron chi connectivity index (χ3n) is 4.48. The second kappa shape index (κ2) is 7.40. The van der Waals surface area contributed by atoms with Crippen molar-refractivity contribution in [3.05, 3.63) is 59.2 Å². The van der Waals surface area contributed by atoms with Gasteiger partial charge in [-0.25, -0.2) is 0 Å². The van der Waals surface area contributed by atoms with E-state index in [4.69, 9.17) is 14.2 Å². The lowest BCUT2D eigenvalue weighted by Crippen LogP contribution is -2.33. The first-order valence-corrected chi connectivity index (χ1v) is 8.87. The number of aliphatic hydroxyl groups is 1. The Hall–Kier alpha value is -2.50. The predicted octanol–water partition coefficient (Wildman–Crippen LogP) is 3.07. The largest absolute Gasteiger partial charge is 0.489 e. The highest BCUT2D eigenvalue weighted by molar-refractivity contribution is 5.62. The van der Waals surface area contributed by atoms with Crippen molar-refractivity contribution >= 4 is 6.08 Å². The molecule has 5 nitrogen and oxygen atoms in total. The minimum Gasteiger partial charge on any atom is -0.489 e. The molecule has 2 aliphatic heterocycles. The Bertz CT molecular complexity index is 815. The van der Waals surface area contributed by atoms with Gasteiger partial charge >= 0.3 is 0 Å². The van der Waals surface area contributed by atoms with Crippen LogP contribution < -0.4 is 14.2 Å². The van der Waals surface area contributed by atoms with E-state index in [0.29, 0.717) is 13.2 Å². The number of hydrogen-bond acceptors (Lipinski definition) is 5. The van der Waals surface area contributed by atoms with Gasteiger partial charge in [0.25, 0.3) is 0 Å². The Kier molecular flexibility index (Phi) is 4.82. The number of hydrogen-bond donors (Lipinski definition) is 1. The van der Waals surface area contributed by atoms with Gasteiger partial charge in [-0.05, 0) is 42.3 Å². The summed E-state index contributed by atoms with van der Waals surface area (Å²) in [6, 6.07) is 14.0. The van der Waals surface area contributed by atoms with Gasteiger partial charge in [-0.2, -0.15) is 0 Å². The van der Waals surface area contributed by atoms with E-state index in [1.54, 1.807) is 0 Å². The Morgan fingerprint density at radius 1 is 1.00 bits per heavy atom. The molecule has 0 saturated heterocycles. The van der Waals surface area contributed by atoms with Crippen molar-refractivity contribution in [3.63, 3.8) is 0 Å². The van der Waals surface area contributed by atoms with Crippen molar-refractivity contribution in [2.45, 2.75) is 19.6 Å². The molecule has 1 unspecified atom stereocenters. The van der Waals surface area contributed by atoms with Gasteiger partial charge in [0.15, 0.2) is 11.5 Å². The molecule has 0 fully saturated rings. The molecular formula is C21H23NO4. The number of benzene rings is 2. The van der Waals surface area contributed by atoms with Crippen LogP contribution in [-0.4, -0.2) is 42.6 Å². The van der Waals surface area contributed by atoms with Gasteiger partial charge in [-0.3, -0.25) is 4.90 Å². The molecular weight excluding hydrogens is 330 g/mol. The van der Waals surface area contributed by atoms with Crippen LogP contribution in [-0.2, 0) is 6.54 Å². The van der Waals surface area contributed by atoms with Gasteiger partial charge in [0.2, 0.25) is 6.79 Å². The quantitative estimate of drug-likeness (QED) is 0.865. The number of aliphatic hydroxyl groups excluding tert-OH is 1. The maximum Gasteiger partial charge on any atom is 0.231 e. The highest BCUT2D eigenvalue weighted by Crippen LogP contribution is 2.33. The van der Waals surface area contributed by atoms with Crippen molar-refractivity contribution < 1.29 is 19.3 Å². The molecule has 0 amide bonds. The Morgan fingerprint density at radius 2 is 1.85 bits per heavy atom. The molecule has 0 aliphatic carbocycles. The highest BCUT2D eigenvalue weighted by atomic mass is 16.7. The lowest BCUT2D eigenvalue weighted by atomic mass is 10.1. The summed E-state index contributed by atoms with van der Waals surface area (Å²) in [5, 5.41) is 9.91. The molecule has 2 aromatic carbocycles. The van der Waals surface area contributed by atoms with Crippen LogP contribution in [0.25, 0.3) is 6.08 Å². The second-order valence-electron chi connectivity index (χ2n) is 6.84. The molecule has 136 valence electrons. The summed E-state index contributed by atoms with van der Waals surface area (Å²) in [6.07, 6.45) is 1.79. The summed E-state index contributed by atoms with van der Waals surface area (Å²) in [7, 11) is 0. The molecule has 4 rings (SSSR count). The van der Waals surface area contributed by atoms with E-state index in [9.17, 15) is 5.11 Å². The van der Waals surface area contributed by atoms with E-state index >= 15 is 0 Å². The minimum absolute atomic E-state index is 0.278. The zero-order chi connectivity index (χ0) is 17.9. The second-order valence-corrected chi connectivity index (χ2v) is 6.84. The lowest BCUT2D eigenvalue weighted by molar-refractivity contribution is 0.126. The van der Waals surface area contributed by atoms with Crippen LogP contribution in [0.1, 0.15) is 18.1 Å². The smallest absolute Gasteiger partial charge is 0.231 e. The maximum absolute atomic E-state index is 9.91. The SMILES string of the molecule is CC(O)CN(CC1=Cc2ccccc2OC1)Cc1ccc2c(c1)OCO2. The van der Waals surface area contributed by atoms with Gasteiger partial charge in [0.05, 0.1) is 6.10 Å². The summed E-state index contributed by atoms with van der Waals surface area (Å²) in [5.41, 5.74) is 3.44. The number of nitrogens with zero attached hydrogens (tertiary/aromatic N) is 1. The fraction of sp³-hybridized carbons (Fsp3) is 0.333. The van der Waals surface area contributed by atoms with Crippen molar-refractivity contribution in [3.8, 4) is 17.2 Å². The monoisotopic (exact) mass is 353 g/mol. The van der Waals surface area contributed by atoms with E-state index in [2.05, 4.69) is 17.0 Å². The Balaban J connectivity index is 1.49. The molecule has 0 saturated carbocycles. The molecule has 2 aromatic rings. The van der Waals surface area contributed by atoms with Crippen molar-refractivity contribution in [2.24, 2.45) is 0 Å². The van der Waals surface area contributed by atoms with Crippen LogP contribution in [0.15, 0.2) is 48.0 Å².